The van der Waals surface area contributed by atoms with Gasteiger partial charge in [0.25, 0.3) is 0 Å². The van der Waals surface area contributed by atoms with E-state index in [1.165, 1.54) is 4.31 Å². The minimum Gasteiger partial charge on any atom is -0.369 e. The van der Waals surface area contributed by atoms with Gasteiger partial charge < -0.3 is 5.73 Å². The third kappa shape index (κ3) is 2.98. The number of hydrogen-bond acceptors (Lipinski definition) is 3. The predicted molar refractivity (Wildman–Crippen MR) is 74.8 cm³/mol. The van der Waals surface area contributed by atoms with Gasteiger partial charge in [-0.25, -0.2) is 8.42 Å². The highest BCUT2D eigenvalue weighted by molar-refractivity contribution is 9.10. The molecule has 0 spiro atoms. The highest BCUT2D eigenvalue weighted by Crippen LogP contribution is 2.28. The summed E-state index contributed by atoms with van der Waals surface area (Å²) in [5.74, 6) is -0.835. The van der Waals surface area contributed by atoms with Crippen LogP contribution >= 0.6 is 15.9 Å². The van der Waals surface area contributed by atoms with Crippen molar-refractivity contribution in [3.05, 3.63) is 28.7 Å². The fourth-order valence-electron chi connectivity index (χ4n) is 2.19. The van der Waals surface area contributed by atoms with E-state index in [2.05, 4.69) is 15.9 Å². The smallest absolute Gasteiger partial charge is 0.244 e. The molecule has 0 bridgehead atoms. The van der Waals surface area contributed by atoms with Crippen molar-refractivity contribution in [2.75, 3.05) is 13.1 Å². The molecule has 5 nitrogen and oxygen atoms in total. The average Bonchev–Trinajstić information content (AvgIpc) is 2.39. The van der Waals surface area contributed by atoms with E-state index < -0.39 is 21.8 Å². The number of hydrogen-bond donors (Lipinski definition) is 1. The zero-order chi connectivity index (χ0) is 14.0. The molecule has 7 heteroatoms. The molecule has 0 aromatic heterocycles. The van der Waals surface area contributed by atoms with E-state index in [0.717, 1.165) is 0 Å². The molecule has 1 atom stereocenters. The molecule has 0 saturated carbocycles. The molecule has 0 unspecified atom stereocenters. The van der Waals surface area contributed by atoms with Crippen molar-refractivity contribution in [1.29, 1.82) is 0 Å². The van der Waals surface area contributed by atoms with Crippen molar-refractivity contribution < 1.29 is 13.2 Å². The second-order valence-corrected chi connectivity index (χ2v) is 7.30. The number of carbonyl (C=O) groups excluding carboxylic acids is 1. The summed E-state index contributed by atoms with van der Waals surface area (Å²) < 4.78 is 26.9. The van der Waals surface area contributed by atoms with Gasteiger partial charge in [0.1, 0.15) is 0 Å². The molecule has 2 N–H and O–H groups in total. The molecule has 1 amide bonds. The fraction of sp³-hybridized carbons (Fsp3) is 0.417. The van der Waals surface area contributed by atoms with Crippen LogP contribution in [0.1, 0.15) is 12.8 Å². The van der Waals surface area contributed by atoms with Crippen LogP contribution in [0.25, 0.3) is 0 Å². The quantitative estimate of drug-likeness (QED) is 0.896. The third-order valence-corrected chi connectivity index (χ3v) is 6.12. The monoisotopic (exact) mass is 346 g/mol. The van der Waals surface area contributed by atoms with Gasteiger partial charge in [-0.1, -0.05) is 12.1 Å². The number of nitrogens with two attached hydrogens (primary N) is 1. The van der Waals surface area contributed by atoms with Crippen LogP contribution in [-0.4, -0.2) is 31.7 Å². The number of amides is 1. The van der Waals surface area contributed by atoms with E-state index in [1.807, 2.05) is 0 Å². The number of sulfonamides is 1. The number of carbonyl (C=O) groups is 1. The van der Waals surface area contributed by atoms with Gasteiger partial charge in [-0.2, -0.15) is 4.31 Å². The van der Waals surface area contributed by atoms with Crippen LogP contribution < -0.4 is 5.73 Å². The molecule has 1 heterocycles. The van der Waals surface area contributed by atoms with Gasteiger partial charge in [-0.15, -0.1) is 0 Å². The Hall–Kier alpha value is -0.920. The Bertz CT molecular complexity index is 588. The van der Waals surface area contributed by atoms with Gasteiger partial charge in [-0.05, 0) is 40.9 Å². The standard InChI is InChI=1S/C12H15BrN2O3S/c13-10-5-1-2-6-11(10)19(17,18)15-7-3-4-9(8-15)12(14)16/h1-2,5-6,9H,3-4,7-8H2,(H2,14,16)/t9-/m1/s1. The third-order valence-electron chi connectivity index (χ3n) is 3.24. The summed E-state index contributed by atoms with van der Waals surface area (Å²) in [6.07, 6.45) is 1.30. The normalized spacial score (nSPS) is 21.2. The first-order valence-electron chi connectivity index (χ1n) is 5.97. The summed E-state index contributed by atoms with van der Waals surface area (Å²) in [5.41, 5.74) is 5.27. The van der Waals surface area contributed by atoms with Crippen LogP contribution in [0.15, 0.2) is 33.6 Å². The van der Waals surface area contributed by atoms with Crippen LogP contribution in [0.5, 0.6) is 0 Å². The maximum Gasteiger partial charge on any atom is 0.244 e. The maximum absolute atomic E-state index is 12.5. The van der Waals surface area contributed by atoms with E-state index >= 15 is 0 Å². The number of piperidine rings is 1. The maximum atomic E-state index is 12.5. The molecule has 1 aromatic rings. The summed E-state index contributed by atoms with van der Waals surface area (Å²) in [7, 11) is -3.58. The van der Waals surface area contributed by atoms with E-state index in [-0.39, 0.29) is 11.4 Å². The molecule has 1 aliphatic heterocycles. The van der Waals surface area contributed by atoms with E-state index in [4.69, 9.17) is 5.73 Å². The molecule has 0 radical (unpaired) electrons. The van der Waals surface area contributed by atoms with Crippen molar-refractivity contribution in [2.45, 2.75) is 17.7 Å². The molecule has 1 aliphatic rings. The zero-order valence-corrected chi connectivity index (χ0v) is 12.7. The molecule has 1 aromatic carbocycles. The first-order valence-corrected chi connectivity index (χ1v) is 8.20. The molecule has 104 valence electrons. The van der Waals surface area contributed by atoms with Gasteiger partial charge in [0.05, 0.1) is 10.8 Å². The molecule has 19 heavy (non-hydrogen) atoms. The molecule has 1 saturated heterocycles. The first-order chi connectivity index (χ1) is 8.93. The van der Waals surface area contributed by atoms with Crippen LogP contribution in [0.2, 0.25) is 0 Å². The number of primary amides is 1. The van der Waals surface area contributed by atoms with E-state index in [0.29, 0.717) is 23.9 Å². The van der Waals surface area contributed by atoms with Gasteiger partial charge in [0, 0.05) is 17.6 Å². The Labute approximate surface area is 121 Å². The number of rotatable bonds is 3. The summed E-state index contributed by atoms with van der Waals surface area (Å²) >= 11 is 3.25. The second kappa shape index (κ2) is 5.60. The summed E-state index contributed by atoms with van der Waals surface area (Å²) in [5, 5.41) is 0. The fourth-order valence-corrected chi connectivity index (χ4v) is 4.67. The summed E-state index contributed by atoms with van der Waals surface area (Å²) in [4.78, 5) is 11.4. The van der Waals surface area contributed by atoms with Crippen LogP contribution in [-0.2, 0) is 14.8 Å². The van der Waals surface area contributed by atoms with Crippen molar-refractivity contribution in [2.24, 2.45) is 11.7 Å². The van der Waals surface area contributed by atoms with Crippen molar-refractivity contribution >= 4 is 31.9 Å². The van der Waals surface area contributed by atoms with Gasteiger partial charge in [-0.3, -0.25) is 4.79 Å². The van der Waals surface area contributed by atoms with Crippen LogP contribution in [0.3, 0.4) is 0 Å². The Kier molecular flexibility index (Phi) is 4.27. The lowest BCUT2D eigenvalue weighted by atomic mass is 9.99. The number of benzene rings is 1. The van der Waals surface area contributed by atoms with Crippen molar-refractivity contribution in [3.63, 3.8) is 0 Å². The molecule has 1 fully saturated rings. The lowest BCUT2D eigenvalue weighted by Crippen LogP contribution is -2.44. The highest BCUT2D eigenvalue weighted by atomic mass is 79.9. The summed E-state index contributed by atoms with van der Waals surface area (Å²) in [6.45, 7) is 0.590. The van der Waals surface area contributed by atoms with E-state index in [9.17, 15) is 13.2 Å². The predicted octanol–water partition coefficient (Wildman–Crippen LogP) is 1.34. The molecular formula is C12H15BrN2O3S. The van der Waals surface area contributed by atoms with Crippen LogP contribution in [0.4, 0.5) is 0 Å². The van der Waals surface area contributed by atoms with Crippen molar-refractivity contribution in [3.8, 4) is 0 Å². The Morgan fingerprint density at radius 2 is 2.05 bits per heavy atom. The summed E-state index contributed by atoms with van der Waals surface area (Å²) in [6, 6.07) is 6.66. The Balaban J connectivity index is 2.30. The average molecular weight is 347 g/mol. The minimum absolute atomic E-state index is 0.166. The zero-order valence-electron chi connectivity index (χ0n) is 10.3. The SMILES string of the molecule is NC(=O)[C@@H]1CCCN(S(=O)(=O)c2ccccc2Br)C1. The van der Waals surface area contributed by atoms with Gasteiger partial charge in [0.15, 0.2) is 0 Å². The van der Waals surface area contributed by atoms with Gasteiger partial charge >= 0.3 is 0 Å². The lowest BCUT2D eigenvalue weighted by Gasteiger charge is -2.30. The molecule has 2 rings (SSSR count). The molecular weight excluding hydrogens is 332 g/mol. The van der Waals surface area contributed by atoms with Gasteiger partial charge in [0.2, 0.25) is 15.9 Å². The number of nitrogens with zero attached hydrogens (tertiary/aromatic N) is 1. The number of halogens is 1. The minimum atomic E-state index is -3.58. The second-order valence-electron chi connectivity index (χ2n) is 4.53. The Morgan fingerprint density at radius 1 is 1.37 bits per heavy atom. The molecule has 0 aliphatic carbocycles. The Morgan fingerprint density at radius 3 is 2.68 bits per heavy atom. The van der Waals surface area contributed by atoms with E-state index in [1.54, 1.807) is 24.3 Å². The lowest BCUT2D eigenvalue weighted by molar-refractivity contribution is -0.122. The first kappa shape index (κ1) is 14.5. The van der Waals surface area contributed by atoms with Crippen molar-refractivity contribution in [1.82, 2.24) is 4.31 Å². The van der Waals surface area contributed by atoms with Crippen LogP contribution in [0, 0.1) is 5.92 Å². The topological polar surface area (TPSA) is 80.5 Å². The highest BCUT2D eigenvalue weighted by Gasteiger charge is 2.33. The largest absolute Gasteiger partial charge is 0.369 e.